The number of nitrogens with two attached hydrogens (primary N) is 1. The predicted molar refractivity (Wildman–Crippen MR) is 102 cm³/mol. The van der Waals surface area contributed by atoms with E-state index in [1.165, 1.54) is 6.07 Å². The third-order valence-electron chi connectivity index (χ3n) is 5.67. The van der Waals surface area contributed by atoms with Gasteiger partial charge in [-0.15, -0.1) is 10.2 Å². The largest absolute Gasteiger partial charge is 0.328 e. The molecule has 3 N–H and O–H groups in total. The van der Waals surface area contributed by atoms with Crippen molar-refractivity contribution in [1.82, 2.24) is 14.8 Å². The van der Waals surface area contributed by atoms with Gasteiger partial charge in [0.1, 0.15) is 11.6 Å². The van der Waals surface area contributed by atoms with E-state index in [0.29, 0.717) is 23.5 Å². The van der Waals surface area contributed by atoms with Gasteiger partial charge in [-0.1, -0.05) is 12.8 Å². The Morgan fingerprint density at radius 2 is 2.07 bits per heavy atom. The van der Waals surface area contributed by atoms with Crippen LogP contribution >= 0.6 is 0 Å². The van der Waals surface area contributed by atoms with Crippen molar-refractivity contribution >= 4 is 11.6 Å². The van der Waals surface area contributed by atoms with Gasteiger partial charge >= 0.3 is 0 Å². The molecule has 2 aromatic rings. The van der Waals surface area contributed by atoms with Crippen molar-refractivity contribution in [2.45, 2.75) is 64.0 Å². The van der Waals surface area contributed by atoms with Crippen molar-refractivity contribution in [1.29, 1.82) is 0 Å². The minimum atomic E-state index is -0.355. The Morgan fingerprint density at radius 3 is 2.93 bits per heavy atom. The maximum absolute atomic E-state index is 14.5. The highest BCUT2D eigenvalue weighted by molar-refractivity contribution is 5.93. The predicted octanol–water partition coefficient (Wildman–Crippen LogP) is 3.27. The molecule has 0 saturated heterocycles. The molecule has 4 rings (SSSR count). The van der Waals surface area contributed by atoms with E-state index in [9.17, 15) is 9.18 Å². The van der Waals surface area contributed by atoms with E-state index in [-0.39, 0.29) is 23.7 Å². The summed E-state index contributed by atoms with van der Waals surface area (Å²) in [6.45, 7) is 0.799. The van der Waals surface area contributed by atoms with Gasteiger partial charge in [-0.25, -0.2) is 4.39 Å². The Bertz CT molecular complexity index is 834. The second-order valence-electron chi connectivity index (χ2n) is 7.71. The molecule has 0 radical (unpaired) electrons. The fraction of sp³-hybridized carbons (Fsp3) is 0.550. The molecule has 27 heavy (non-hydrogen) atoms. The van der Waals surface area contributed by atoms with Crippen LogP contribution in [-0.4, -0.2) is 26.7 Å². The van der Waals surface area contributed by atoms with E-state index in [1.807, 2.05) is 4.57 Å². The molecule has 2 aliphatic rings. The van der Waals surface area contributed by atoms with Crippen molar-refractivity contribution in [3.8, 4) is 11.4 Å². The van der Waals surface area contributed by atoms with E-state index in [1.54, 1.807) is 12.1 Å². The SMILES string of the molecule is NC1CCCC(C(=O)Nc2ccc(F)c(-c3nnc4n3CCCCC4)c2)C1. The summed E-state index contributed by atoms with van der Waals surface area (Å²) in [6.07, 6.45) is 7.64. The number of carbonyl (C=O) groups is 1. The minimum absolute atomic E-state index is 0.0391. The van der Waals surface area contributed by atoms with Crippen LogP contribution in [-0.2, 0) is 17.8 Å². The van der Waals surface area contributed by atoms with Crippen molar-refractivity contribution in [3.05, 3.63) is 29.8 Å². The topological polar surface area (TPSA) is 85.8 Å². The lowest BCUT2D eigenvalue weighted by Crippen LogP contribution is -2.34. The van der Waals surface area contributed by atoms with Gasteiger partial charge in [0.2, 0.25) is 5.91 Å². The average molecular weight is 371 g/mol. The van der Waals surface area contributed by atoms with E-state index in [2.05, 4.69) is 15.5 Å². The number of halogens is 1. The van der Waals surface area contributed by atoms with Crippen molar-refractivity contribution in [3.63, 3.8) is 0 Å². The molecule has 6 nitrogen and oxygen atoms in total. The lowest BCUT2D eigenvalue weighted by molar-refractivity contribution is -0.120. The van der Waals surface area contributed by atoms with E-state index in [4.69, 9.17) is 5.73 Å². The standard InChI is InChI=1S/C20H26FN5O/c21-17-9-8-15(23-20(27)13-5-4-6-14(22)11-13)12-16(17)19-25-24-18-7-2-1-3-10-26(18)19/h8-9,12-14H,1-7,10-11,22H2,(H,23,27). The van der Waals surface area contributed by atoms with Crippen LogP contribution in [0.3, 0.4) is 0 Å². The van der Waals surface area contributed by atoms with E-state index in [0.717, 1.165) is 57.3 Å². The molecular formula is C20H26FN5O. The monoisotopic (exact) mass is 371 g/mol. The lowest BCUT2D eigenvalue weighted by Gasteiger charge is -2.25. The van der Waals surface area contributed by atoms with Crippen LogP contribution in [0.1, 0.15) is 50.8 Å². The quantitative estimate of drug-likeness (QED) is 0.867. The molecule has 1 aromatic heterocycles. The molecule has 1 aromatic carbocycles. The number of nitrogens with one attached hydrogen (secondary N) is 1. The van der Waals surface area contributed by atoms with Gasteiger partial charge in [0, 0.05) is 30.6 Å². The highest BCUT2D eigenvalue weighted by Gasteiger charge is 2.26. The first kappa shape index (κ1) is 18.1. The first-order valence-electron chi connectivity index (χ1n) is 9.90. The number of benzene rings is 1. The summed E-state index contributed by atoms with van der Waals surface area (Å²) in [7, 11) is 0. The molecule has 144 valence electrons. The van der Waals surface area contributed by atoms with Gasteiger partial charge in [-0.2, -0.15) is 0 Å². The number of hydrogen-bond donors (Lipinski definition) is 2. The number of amides is 1. The van der Waals surface area contributed by atoms with Gasteiger partial charge in [-0.3, -0.25) is 4.79 Å². The second-order valence-corrected chi connectivity index (χ2v) is 7.71. The van der Waals surface area contributed by atoms with Gasteiger partial charge in [0.05, 0.1) is 5.56 Å². The Kier molecular flexibility index (Phi) is 5.20. The van der Waals surface area contributed by atoms with Crippen LogP contribution in [0.2, 0.25) is 0 Å². The second kappa shape index (κ2) is 7.76. The summed E-state index contributed by atoms with van der Waals surface area (Å²) >= 11 is 0. The maximum Gasteiger partial charge on any atom is 0.227 e. The zero-order chi connectivity index (χ0) is 18.8. The van der Waals surface area contributed by atoms with Crippen molar-refractivity contribution in [2.24, 2.45) is 11.7 Å². The minimum Gasteiger partial charge on any atom is -0.328 e. The molecule has 1 saturated carbocycles. The average Bonchev–Trinajstić information content (AvgIpc) is 2.91. The Hall–Kier alpha value is -2.28. The summed E-state index contributed by atoms with van der Waals surface area (Å²) in [5.41, 5.74) is 6.96. The number of carbonyl (C=O) groups excluding carboxylic acids is 1. The van der Waals surface area contributed by atoms with Crippen LogP contribution in [0.15, 0.2) is 18.2 Å². The molecule has 0 bridgehead atoms. The maximum atomic E-state index is 14.5. The summed E-state index contributed by atoms with van der Waals surface area (Å²) in [5, 5.41) is 11.4. The van der Waals surface area contributed by atoms with Crippen LogP contribution in [0, 0.1) is 11.7 Å². The van der Waals surface area contributed by atoms with Crippen LogP contribution in [0.5, 0.6) is 0 Å². The number of hydrogen-bond acceptors (Lipinski definition) is 4. The lowest BCUT2D eigenvalue weighted by atomic mass is 9.85. The number of fused-ring (bicyclic) bond motifs is 1. The first-order chi connectivity index (χ1) is 13.1. The summed E-state index contributed by atoms with van der Waals surface area (Å²) in [6, 6.07) is 4.73. The van der Waals surface area contributed by atoms with Crippen molar-refractivity contribution < 1.29 is 9.18 Å². The van der Waals surface area contributed by atoms with Gasteiger partial charge in [-0.05, 0) is 50.3 Å². The number of aromatic nitrogens is 3. The number of anilines is 1. The van der Waals surface area contributed by atoms with Gasteiger partial charge in [0.15, 0.2) is 5.82 Å². The Labute approximate surface area is 158 Å². The smallest absolute Gasteiger partial charge is 0.227 e. The molecule has 1 aliphatic heterocycles. The zero-order valence-corrected chi connectivity index (χ0v) is 15.5. The molecule has 1 fully saturated rings. The highest BCUT2D eigenvalue weighted by Crippen LogP contribution is 2.29. The van der Waals surface area contributed by atoms with E-state index >= 15 is 0 Å². The van der Waals surface area contributed by atoms with Crippen LogP contribution in [0.25, 0.3) is 11.4 Å². The third kappa shape index (κ3) is 3.88. The molecule has 1 amide bonds. The summed E-state index contributed by atoms with van der Waals surface area (Å²) < 4.78 is 16.5. The van der Waals surface area contributed by atoms with Gasteiger partial charge < -0.3 is 15.6 Å². The fourth-order valence-electron chi connectivity index (χ4n) is 4.17. The van der Waals surface area contributed by atoms with Crippen LogP contribution in [0.4, 0.5) is 10.1 Å². The molecule has 7 heteroatoms. The third-order valence-corrected chi connectivity index (χ3v) is 5.67. The molecular weight excluding hydrogens is 345 g/mol. The normalized spacial score (nSPS) is 22.7. The molecule has 1 aliphatic carbocycles. The Morgan fingerprint density at radius 1 is 1.19 bits per heavy atom. The van der Waals surface area contributed by atoms with E-state index < -0.39 is 0 Å². The van der Waals surface area contributed by atoms with Gasteiger partial charge in [0.25, 0.3) is 0 Å². The van der Waals surface area contributed by atoms with Crippen molar-refractivity contribution in [2.75, 3.05) is 5.32 Å². The zero-order valence-electron chi connectivity index (χ0n) is 15.5. The highest BCUT2D eigenvalue weighted by atomic mass is 19.1. The molecule has 0 spiro atoms. The first-order valence-corrected chi connectivity index (χ1v) is 9.90. The summed E-state index contributed by atoms with van der Waals surface area (Å²) in [4.78, 5) is 12.6. The number of aryl methyl sites for hydroxylation is 1. The number of nitrogens with zero attached hydrogens (tertiary/aromatic N) is 3. The number of rotatable bonds is 3. The molecule has 2 unspecified atom stereocenters. The van der Waals surface area contributed by atoms with Crippen LogP contribution < -0.4 is 11.1 Å². The fourth-order valence-corrected chi connectivity index (χ4v) is 4.17. The Balaban J connectivity index is 1.57. The molecule has 2 atom stereocenters. The molecule has 2 heterocycles. The summed E-state index contributed by atoms with van der Waals surface area (Å²) in [5.74, 6) is 0.981.